The van der Waals surface area contributed by atoms with Crippen LogP contribution >= 0.6 is 0 Å². The monoisotopic (exact) mass is 240 g/mol. The van der Waals surface area contributed by atoms with E-state index in [0.29, 0.717) is 24.3 Å². The van der Waals surface area contributed by atoms with Gasteiger partial charge in [0.15, 0.2) is 0 Å². The average Bonchev–Trinajstić information content (AvgIpc) is 2.26. The van der Waals surface area contributed by atoms with Gasteiger partial charge in [-0.2, -0.15) is 0 Å². The standard InChI is InChI=1S/C14H28N2O/c1-10(2)12-6-5-11(3)9-13(12)16-14(17)7-8-15-4/h10-13,15H,5-9H2,1-4H3,(H,16,17). The molecule has 1 aliphatic carbocycles. The summed E-state index contributed by atoms with van der Waals surface area (Å²) in [6, 6.07) is 0.392. The maximum atomic E-state index is 11.8. The number of nitrogens with one attached hydrogen (secondary N) is 2. The summed E-state index contributed by atoms with van der Waals surface area (Å²) in [6.07, 6.45) is 4.31. The van der Waals surface area contributed by atoms with E-state index in [-0.39, 0.29) is 5.91 Å². The van der Waals surface area contributed by atoms with Gasteiger partial charge in [-0.05, 0) is 37.6 Å². The minimum Gasteiger partial charge on any atom is -0.353 e. The molecule has 1 rings (SSSR count). The second-order valence-electron chi connectivity index (χ2n) is 5.85. The molecule has 1 aliphatic rings. The SMILES string of the molecule is CNCCC(=O)NC1CC(C)CCC1C(C)C. The second-order valence-corrected chi connectivity index (χ2v) is 5.85. The van der Waals surface area contributed by atoms with Gasteiger partial charge in [0, 0.05) is 19.0 Å². The Morgan fingerprint density at radius 1 is 1.35 bits per heavy atom. The lowest BCUT2D eigenvalue weighted by Crippen LogP contribution is -2.46. The van der Waals surface area contributed by atoms with Crippen LogP contribution in [0.4, 0.5) is 0 Å². The Kier molecular flexibility index (Phi) is 5.96. The zero-order valence-electron chi connectivity index (χ0n) is 11.8. The Balaban J connectivity index is 2.48. The summed E-state index contributed by atoms with van der Waals surface area (Å²) in [7, 11) is 1.88. The van der Waals surface area contributed by atoms with E-state index in [9.17, 15) is 4.79 Å². The molecule has 1 saturated carbocycles. The molecule has 17 heavy (non-hydrogen) atoms. The van der Waals surface area contributed by atoms with Crippen molar-refractivity contribution >= 4 is 5.91 Å². The first-order valence-corrected chi connectivity index (χ1v) is 6.98. The van der Waals surface area contributed by atoms with Gasteiger partial charge >= 0.3 is 0 Å². The molecule has 1 amide bonds. The molecule has 0 aromatic heterocycles. The van der Waals surface area contributed by atoms with E-state index in [4.69, 9.17) is 0 Å². The van der Waals surface area contributed by atoms with Crippen molar-refractivity contribution in [3.63, 3.8) is 0 Å². The summed E-state index contributed by atoms with van der Waals surface area (Å²) >= 11 is 0. The fourth-order valence-corrected chi connectivity index (χ4v) is 2.89. The second kappa shape index (κ2) is 7.00. The molecular formula is C14H28N2O. The fourth-order valence-electron chi connectivity index (χ4n) is 2.89. The van der Waals surface area contributed by atoms with Crippen LogP contribution in [0, 0.1) is 17.8 Å². The highest BCUT2D eigenvalue weighted by molar-refractivity contribution is 5.76. The number of carbonyl (C=O) groups excluding carboxylic acids is 1. The van der Waals surface area contributed by atoms with E-state index in [1.165, 1.54) is 12.8 Å². The smallest absolute Gasteiger partial charge is 0.221 e. The van der Waals surface area contributed by atoms with Gasteiger partial charge in [0.2, 0.25) is 5.91 Å². The van der Waals surface area contributed by atoms with Crippen molar-refractivity contribution in [3.8, 4) is 0 Å². The normalized spacial score (nSPS) is 29.4. The van der Waals surface area contributed by atoms with Crippen LogP contribution in [-0.4, -0.2) is 25.5 Å². The largest absolute Gasteiger partial charge is 0.353 e. The van der Waals surface area contributed by atoms with Crippen LogP contribution in [0.1, 0.15) is 46.5 Å². The van der Waals surface area contributed by atoms with Gasteiger partial charge in [0.1, 0.15) is 0 Å². The Morgan fingerprint density at radius 2 is 2.06 bits per heavy atom. The van der Waals surface area contributed by atoms with Gasteiger partial charge in [-0.15, -0.1) is 0 Å². The lowest BCUT2D eigenvalue weighted by molar-refractivity contribution is -0.122. The Hall–Kier alpha value is -0.570. The van der Waals surface area contributed by atoms with Crippen LogP contribution in [0.15, 0.2) is 0 Å². The number of rotatable bonds is 5. The Morgan fingerprint density at radius 3 is 2.65 bits per heavy atom. The zero-order chi connectivity index (χ0) is 12.8. The van der Waals surface area contributed by atoms with Crippen LogP contribution in [-0.2, 0) is 4.79 Å². The van der Waals surface area contributed by atoms with E-state index in [0.717, 1.165) is 18.9 Å². The highest BCUT2D eigenvalue weighted by atomic mass is 16.1. The van der Waals surface area contributed by atoms with E-state index in [1.807, 2.05) is 7.05 Å². The molecule has 0 radical (unpaired) electrons. The van der Waals surface area contributed by atoms with Crippen LogP contribution in [0.25, 0.3) is 0 Å². The van der Waals surface area contributed by atoms with Gasteiger partial charge < -0.3 is 10.6 Å². The number of carbonyl (C=O) groups is 1. The van der Waals surface area contributed by atoms with E-state index in [1.54, 1.807) is 0 Å². The molecular weight excluding hydrogens is 212 g/mol. The highest BCUT2D eigenvalue weighted by Crippen LogP contribution is 2.33. The number of amides is 1. The quantitative estimate of drug-likeness (QED) is 0.773. The molecule has 0 bridgehead atoms. The maximum absolute atomic E-state index is 11.8. The topological polar surface area (TPSA) is 41.1 Å². The molecule has 3 unspecified atom stereocenters. The predicted molar refractivity (Wildman–Crippen MR) is 71.8 cm³/mol. The molecule has 3 heteroatoms. The van der Waals surface area contributed by atoms with Gasteiger partial charge in [-0.3, -0.25) is 4.79 Å². The minimum absolute atomic E-state index is 0.198. The molecule has 3 nitrogen and oxygen atoms in total. The third-order valence-electron chi connectivity index (χ3n) is 3.97. The molecule has 0 aromatic rings. The molecule has 2 N–H and O–H groups in total. The molecule has 3 atom stereocenters. The third-order valence-corrected chi connectivity index (χ3v) is 3.97. The van der Waals surface area contributed by atoms with Crippen LogP contribution in [0.3, 0.4) is 0 Å². The maximum Gasteiger partial charge on any atom is 0.221 e. The van der Waals surface area contributed by atoms with Crippen molar-refractivity contribution in [1.29, 1.82) is 0 Å². The number of hydrogen-bond donors (Lipinski definition) is 2. The summed E-state index contributed by atoms with van der Waals surface area (Å²) in [4.78, 5) is 11.8. The lowest BCUT2D eigenvalue weighted by atomic mass is 9.74. The molecule has 0 aliphatic heterocycles. The van der Waals surface area contributed by atoms with Crippen molar-refractivity contribution in [1.82, 2.24) is 10.6 Å². The summed E-state index contributed by atoms with van der Waals surface area (Å²) in [5.74, 6) is 2.27. The third kappa shape index (κ3) is 4.66. The molecule has 1 fully saturated rings. The first-order chi connectivity index (χ1) is 8.04. The molecule has 100 valence electrons. The van der Waals surface area contributed by atoms with Crippen molar-refractivity contribution in [2.75, 3.05) is 13.6 Å². The summed E-state index contributed by atoms with van der Waals surface area (Å²) in [6.45, 7) is 7.60. The zero-order valence-corrected chi connectivity index (χ0v) is 11.8. The van der Waals surface area contributed by atoms with E-state index >= 15 is 0 Å². The molecule has 0 heterocycles. The summed E-state index contributed by atoms with van der Waals surface area (Å²) < 4.78 is 0. The summed E-state index contributed by atoms with van der Waals surface area (Å²) in [5, 5.41) is 6.25. The van der Waals surface area contributed by atoms with Crippen LogP contribution < -0.4 is 10.6 Å². The Bertz CT molecular complexity index is 240. The molecule has 0 spiro atoms. The fraction of sp³-hybridized carbons (Fsp3) is 0.929. The molecule has 0 saturated heterocycles. The van der Waals surface area contributed by atoms with Crippen molar-refractivity contribution in [2.24, 2.45) is 17.8 Å². The van der Waals surface area contributed by atoms with Crippen molar-refractivity contribution < 1.29 is 4.79 Å². The average molecular weight is 240 g/mol. The predicted octanol–water partition coefficient (Wildman–Crippen LogP) is 2.17. The van der Waals surface area contributed by atoms with Gasteiger partial charge in [-0.25, -0.2) is 0 Å². The van der Waals surface area contributed by atoms with Gasteiger partial charge in [0.25, 0.3) is 0 Å². The lowest BCUT2D eigenvalue weighted by Gasteiger charge is -2.37. The van der Waals surface area contributed by atoms with E-state index in [2.05, 4.69) is 31.4 Å². The van der Waals surface area contributed by atoms with Crippen molar-refractivity contribution in [2.45, 2.75) is 52.5 Å². The van der Waals surface area contributed by atoms with E-state index < -0.39 is 0 Å². The van der Waals surface area contributed by atoms with Crippen LogP contribution in [0.2, 0.25) is 0 Å². The number of hydrogen-bond acceptors (Lipinski definition) is 2. The Labute approximate surface area is 106 Å². The molecule has 0 aromatic carbocycles. The van der Waals surface area contributed by atoms with Crippen molar-refractivity contribution in [3.05, 3.63) is 0 Å². The van der Waals surface area contributed by atoms with Gasteiger partial charge in [0.05, 0.1) is 0 Å². The first kappa shape index (κ1) is 14.5. The van der Waals surface area contributed by atoms with Gasteiger partial charge in [-0.1, -0.05) is 27.2 Å². The first-order valence-electron chi connectivity index (χ1n) is 6.98. The summed E-state index contributed by atoms with van der Waals surface area (Å²) in [5.41, 5.74) is 0. The highest BCUT2D eigenvalue weighted by Gasteiger charge is 2.31. The minimum atomic E-state index is 0.198. The van der Waals surface area contributed by atoms with Crippen LogP contribution in [0.5, 0.6) is 0 Å².